The Hall–Kier alpha value is -3.01. The number of benzene rings is 2. The summed E-state index contributed by atoms with van der Waals surface area (Å²) in [7, 11) is 0. The third kappa shape index (κ3) is 2.59. The molecule has 0 aromatic heterocycles. The van der Waals surface area contributed by atoms with E-state index in [1.165, 1.54) is 28.0 Å². The van der Waals surface area contributed by atoms with Crippen molar-refractivity contribution in [1.82, 2.24) is 5.32 Å². The summed E-state index contributed by atoms with van der Waals surface area (Å²) in [6, 6.07) is 15.8. The van der Waals surface area contributed by atoms with Gasteiger partial charge in [-0.25, -0.2) is 0 Å². The predicted molar refractivity (Wildman–Crippen MR) is 91.7 cm³/mol. The van der Waals surface area contributed by atoms with Crippen LogP contribution in [0.1, 0.15) is 21.5 Å². The normalized spacial score (nSPS) is 14.9. The monoisotopic (exact) mass is 303 g/mol. The molecule has 1 heterocycles. The molecular formula is C19H17N3O. The van der Waals surface area contributed by atoms with Crippen molar-refractivity contribution in [2.45, 2.75) is 6.54 Å². The van der Waals surface area contributed by atoms with Crippen LogP contribution in [-0.4, -0.2) is 12.5 Å². The average Bonchev–Trinajstić information content (AvgIpc) is 3.05. The summed E-state index contributed by atoms with van der Waals surface area (Å²) in [5.41, 5.74) is 13.2. The van der Waals surface area contributed by atoms with E-state index in [2.05, 4.69) is 41.0 Å². The molecule has 0 fully saturated rings. The van der Waals surface area contributed by atoms with E-state index >= 15 is 0 Å². The van der Waals surface area contributed by atoms with Crippen LogP contribution in [0.25, 0.3) is 5.57 Å². The quantitative estimate of drug-likeness (QED) is 0.795. The van der Waals surface area contributed by atoms with Crippen molar-refractivity contribution >= 4 is 17.2 Å². The molecule has 4 heteroatoms. The number of nitrogens with two attached hydrogens (primary N) is 1. The number of primary amides is 1. The van der Waals surface area contributed by atoms with Crippen LogP contribution in [0.2, 0.25) is 0 Å². The molecule has 114 valence electrons. The fourth-order valence-corrected chi connectivity index (χ4v) is 2.92. The van der Waals surface area contributed by atoms with E-state index in [4.69, 9.17) is 5.73 Å². The van der Waals surface area contributed by atoms with Gasteiger partial charge in [-0.05, 0) is 29.3 Å². The first-order valence-corrected chi connectivity index (χ1v) is 7.64. The SMILES string of the molecule is NC(=O)c1cccc(NCc2ccc(C3=C4NCC=C43)cc2)c1. The fourth-order valence-electron chi connectivity index (χ4n) is 2.92. The van der Waals surface area contributed by atoms with E-state index in [9.17, 15) is 4.79 Å². The number of allylic oxidation sites excluding steroid dienone is 2. The zero-order valence-corrected chi connectivity index (χ0v) is 12.6. The van der Waals surface area contributed by atoms with E-state index in [0.29, 0.717) is 12.1 Å². The van der Waals surface area contributed by atoms with Gasteiger partial charge in [-0.1, -0.05) is 36.4 Å². The number of carbonyl (C=O) groups excluding carboxylic acids is 1. The average molecular weight is 303 g/mol. The van der Waals surface area contributed by atoms with Crippen LogP contribution >= 0.6 is 0 Å². The van der Waals surface area contributed by atoms with Crippen LogP contribution in [0.3, 0.4) is 0 Å². The maximum Gasteiger partial charge on any atom is 0.248 e. The lowest BCUT2D eigenvalue weighted by molar-refractivity contribution is 0.100. The van der Waals surface area contributed by atoms with Gasteiger partial charge in [0.1, 0.15) is 0 Å². The lowest BCUT2D eigenvalue weighted by atomic mass is 10.1. The minimum Gasteiger partial charge on any atom is -0.381 e. The first kappa shape index (κ1) is 13.6. The molecule has 0 unspecified atom stereocenters. The largest absolute Gasteiger partial charge is 0.381 e. The standard InChI is InChI=1S/C19H17N3O/c20-19(23)14-2-1-3-15(10-14)22-11-12-4-6-13(7-5-12)17-16-8-9-21-18(16)17/h1-8,10,21-22H,9,11H2,(H2,20,23). The highest BCUT2D eigenvalue weighted by Gasteiger charge is 2.33. The summed E-state index contributed by atoms with van der Waals surface area (Å²) in [4.78, 5) is 11.2. The number of anilines is 1. The van der Waals surface area contributed by atoms with Crippen LogP contribution in [0.4, 0.5) is 5.69 Å². The van der Waals surface area contributed by atoms with Gasteiger partial charge in [0, 0.05) is 35.5 Å². The van der Waals surface area contributed by atoms with Crippen LogP contribution in [-0.2, 0) is 6.54 Å². The van der Waals surface area contributed by atoms with Crippen molar-refractivity contribution in [3.05, 3.63) is 82.6 Å². The Morgan fingerprint density at radius 3 is 2.70 bits per heavy atom. The highest BCUT2D eigenvalue weighted by Crippen LogP contribution is 2.46. The van der Waals surface area contributed by atoms with Gasteiger partial charge in [-0.2, -0.15) is 0 Å². The molecule has 4 nitrogen and oxygen atoms in total. The number of hydrogen-bond donors (Lipinski definition) is 3. The Kier molecular flexibility index (Phi) is 3.15. The molecule has 1 amide bonds. The molecule has 0 atom stereocenters. The highest BCUT2D eigenvalue weighted by molar-refractivity contribution is 6.03. The Labute approximate surface area is 134 Å². The number of hydrogen-bond acceptors (Lipinski definition) is 3. The highest BCUT2D eigenvalue weighted by atomic mass is 16.1. The molecule has 1 aliphatic heterocycles. The van der Waals surface area contributed by atoms with Gasteiger partial charge in [-0.3, -0.25) is 4.79 Å². The van der Waals surface area contributed by atoms with Crippen molar-refractivity contribution in [3.8, 4) is 0 Å². The number of nitrogens with one attached hydrogen (secondary N) is 2. The summed E-state index contributed by atoms with van der Waals surface area (Å²) < 4.78 is 0. The molecule has 2 aromatic carbocycles. The van der Waals surface area contributed by atoms with E-state index < -0.39 is 5.91 Å². The molecule has 0 bridgehead atoms. The first-order valence-electron chi connectivity index (χ1n) is 7.64. The molecule has 2 aliphatic rings. The number of amides is 1. The maximum absolute atomic E-state index is 11.2. The number of fused-ring (bicyclic) bond motifs is 1. The second-order valence-corrected chi connectivity index (χ2v) is 5.74. The summed E-state index contributed by atoms with van der Waals surface area (Å²) >= 11 is 0. The molecular weight excluding hydrogens is 286 g/mol. The molecule has 2 aromatic rings. The minimum absolute atomic E-state index is 0.412. The molecule has 0 saturated carbocycles. The first-order chi connectivity index (χ1) is 11.2. The van der Waals surface area contributed by atoms with Crippen LogP contribution in [0.15, 0.2) is 65.9 Å². The minimum atomic E-state index is -0.412. The second kappa shape index (κ2) is 5.32. The van der Waals surface area contributed by atoms with Gasteiger partial charge in [0.2, 0.25) is 5.91 Å². The Morgan fingerprint density at radius 1 is 1.17 bits per heavy atom. The van der Waals surface area contributed by atoms with Crippen LogP contribution in [0.5, 0.6) is 0 Å². The van der Waals surface area contributed by atoms with Gasteiger partial charge in [0.05, 0.1) is 5.70 Å². The summed E-state index contributed by atoms with van der Waals surface area (Å²) in [6.07, 6.45) is 2.23. The molecule has 0 saturated heterocycles. The second-order valence-electron chi connectivity index (χ2n) is 5.74. The summed E-state index contributed by atoms with van der Waals surface area (Å²) in [5.74, 6) is -0.412. The third-order valence-corrected chi connectivity index (χ3v) is 4.20. The van der Waals surface area contributed by atoms with Gasteiger partial charge in [0.15, 0.2) is 0 Å². The lowest BCUT2D eigenvalue weighted by Gasteiger charge is -2.08. The summed E-state index contributed by atoms with van der Waals surface area (Å²) in [6.45, 7) is 1.66. The lowest BCUT2D eigenvalue weighted by Crippen LogP contribution is -2.11. The predicted octanol–water partition coefficient (Wildman–Crippen LogP) is 2.65. The van der Waals surface area contributed by atoms with Crippen molar-refractivity contribution in [2.24, 2.45) is 5.73 Å². The van der Waals surface area contributed by atoms with E-state index in [1.807, 2.05) is 12.1 Å². The van der Waals surface area contributed by atoms with Crippen LogP contribution in [0, 0.1) is 0 Å². The Balaban J connectivity index is 1.42. The van der Waals surface area contributed by atoms with Crippen molar-refractivity contribution in [2.75, 3.05) is 11.9 Å². The third-order valence-electron chi connectivity index (χ3n) is 4.20. The van der Waals surface area contributed by atoms with E-state index in [0.717, 1.165) is 12.2 Å². The molecule has 1 aliphatic carbocycles. The maximum atomic E-state index is 11.2. The Morgan fingerprint density at radius 2 is 2.00 bits per heavy atom. The van der Waals surface area contributed by atoms with Crippen molar-refractivity contribution < 1.29 is 4.79 Å². The smallest absolute Gasteiger partial charge is 0.248 e. The summed E-state index contributed by atoms with van der Waals surface area (Å²) in [5, 5.41) is 6.67. The number of carbonyl (C=O) groups is 1. The van der Waals surface area contributed by atoms with Gasteiger partial charge in [-0.15, -0.1) is 0 Å². The van der Waals surface area contributed by atoms with Gasteiger partial charge in [0.25, 0.3) is 0 Å². The number of rotatable bonds is 5. The van der Waals surface area contributed by atoms with Crippen molar-refractivity contribution in [1.29, 1.82) is 0 Å². The van der Waals surface area contributed by atoms with E-state index in [-0.39, 0.29) is 0 Å². The molecule has 0 spiro atoms. The molecule has 4 rings (SSSR count). The van der Waals surface area contributed by atoms with E-state index in [1.54, 1.807) is 12.1 Å². The van der Waals surface area contributed by atoms with Crippen LogP contribution < -0.4 is 16.4 Å². The molecule has 0 radical (unpaired) electrons. The fraction of sp³-hybridized carbons (Fsp3) is 0.105. The zero-order chi connectivity index (χ0) is 15.8. The molecule has 4 N–H and O–H groups in total. The molecule has 23 heavy (non-hydrogen) atoms. The zero-order valence-electron chi connectivity index (χ0n) is 12.6. The number of dihydropyridines is 1. The Bertz CT molecular complexity index is 847. The van der Waals surface area contributed by atoms with Crippen molar-refractivity contribution in [3.63, 3.8) is 0 Å². The topological polar surface area (TPSA) is 67.2 Å². The van der Waals surface area contributed by atoms with Gasteiger partial charge >= 0.3 is 0 Å². The van der Waals surface area contributed by atoms with Gasteiger partial charge < -0.3 is 16.4 Å².